The van der Waals surface area contributed by atoms with Crippen LogP contribution in [0.5, 0.6) is 0 Å². The maximum atomic E-state index is 12.3. The fraction of sp³-hybridized carbons (Fsp3) is 0.136. The summed E-state index contributed by atoms with van der Waals surface area (Å²) in [6.07, 6.45) is 1.78. The molecule has 0 unspecified atom stereocenters. The van der Waals surface area contributed by atoms with Gasteiger partial charge in [-0.15, -0.1) is 0 Å². The highest BCUT2D eigenvalue weighted by molar-refractivity contribution is 7.99. The van der Waals surface area contributed by atoms with Gasteiger partial charge in [0.2, 0.25) is 0 Å². The van der Waals surface area contributed by atoms with Crippen LogP contribution in [-0.2, 0) is 4.84 Å². The molecule has 0 saturated heterocycles. The molecule has 0 bridgehead atoms. The van der Waals surface area contributed by atoms with Gasteiger partial charge in [0.15, 0.2) is 0 Å². The molecule has 2 aromatic carbocycles. The SMILES string of the molecule is CCONC(=O)c1ccc2c(c1)N=C(c1ncccc1C)c1ccccc1S2. The molecule has 140 valence electrons. The van der Waals surface area contributed by atoms with Crippen molar-refractivity contribution in [1.29, 1.82) is 0 Å². The highest BCUT2D eigenvalue weighted by Gasteiger charge is 2.21. The Bertz CT molecular complexity index is 1080. The van der Waals surface area contributed by atoms with Crippen LogP contribution < -0.4 is 5.48 Å². The van der Waals surface area contributed by atoms with Crippen molar-refractivity contribution >= 4 is 29.1 Å². The zero-order valence-electron chi connectivity index (χ0n) is 15.6. The number of amides is 1. The number of carbonyl (C=O) groups is 1. The Morgan fingerprint density at radius 1 is 1.11 bits per heavy atom. The first-order valence-corrected chi connectivity index (χ1v) is 9.83. The Morgan fingerprint density at radius 3 is 2.79 bits per heavy atom. The molecule has 28 heavy (non-hydrogen) atoms. The second-order valence-corrected chi connectivity index (χ2v) is 7.36. The van der Waals surface area contributed by atoms with E-state index in [1.165, 1.54) is 0 Å². The Kier molecular flexibility index (Phi) is 5.23. The van der Waals surface area contributed by atoms with E-state index >= 15 is 0 Å². The Balaban J connectivity index is 1.87. The van der Waals surface area contributed by atoms with E-state index in [4.69, 9.17) is 9.83 Å². The molecule has 1 N–H and O–H groups in total. The van der Waals surface area contributed by atoms with Crippen molar-refractivity contribution < 1.29 is 9.63 Å². The minimum absolute atomic E-state index is 0.290. The lowest BCUT2D eigenvalue weighted by atomic mass is 10.0. The van der Waals surface area contributed by atoms with E-state index in [1.54, 1.807) is 30.1 Å². The number of pyridine rings is 1. The number of fused-ring (bicyclic) bond motifs is 2. The van der Waals surface area contributed by atoms with Crippen LogP contribution in [0.1, 0.15) is 34.1 Å². The zero-order valence-corrected chi connectivity index (χ0v) is 16.4. The van der Waals surface area contributed by atoms with Crippen molar-refractivity contribution in [1.82, 2.24) is 10.5 Å². The average molecular weight is 389 g/mol. The van der Waals surface area contributed by atoms with Gasteiger partial charge in [-0.2, -0.15) is 0 Å². The number of aliphatic imine (C=N–C) groups is 1. The van der Waals surface area contributed by atoms with Gasteiger partial charge in [0.25, 0.3) is 5.91 Å². The van der Waals surface area contributed by atoms with Gasteiger partial charge in [-0.1, -0.05) is 36.0 Å². The van der Waals surface area contributed by atoms with Crippen LogP contribution in [0.25, 0.3) is 0 Å². The minimum Gasteiger partial charge on any atom is -0.274 e. The van der Waals surface area contributed by atoms with Gasteiger partial charge in [0, 0.05) is 27.1 Å². The van der Waals surface area contributed by atoms with Gasteiger partial charge >= 0.3 is 0 Å². The number of aryl methyl sites for hydroxylation is 1. The molecule has 2 heterocycles. The summed E-state index contributed by atoms with van der Waals surface area (Å²) in [6, 6.07) is 17.6. The summed E-state index contributed by atoms with van der Waals surface area (Å²) in [5, 5.41) is 0. The molecule has 0 atom stereocenters. The summed E-state index contributed by atoms with van der Waals surface area (Å²) in [7, 11) is 0. The normalized spacial score (nSPS) is 12.4. The Hall–Kier alpha value is -2.96. The van der Waals surface area contributed by atoms with Gasteiger partial charge in [-0.25, -0.2) is 10.5 Å². The van der Waals surface area contributed by atoms with E-state index in [1.807, 2.05) is 44.2 Å². The maximum absolute atomic E-state index is 12.3. The van der Waals surface area contributed by atoms with E-state index in [0.29, 0.717) is 12.2 Å². The quantitative estimate of drug-likeness (QED) is 0.514. The van der Waals surface area contributed by atoms with E-state index in [-0.39, 0.29) is 5.91 Å². The first-order valence-electron chi connectivity index (χ1n) is 9.01. The Morgan fingerprint density at radius 2 is 1.96 bits per heavy atom. The van der Waals surface area contributed by atoms with E-state index in [0.717, 1.165) is 38.0 Å². The van der Waals surface area contributed by atoms with Crippen LogP contribution in [-0.4, -0.2) is 23.2 Å². The monoisotopic (exact) mass is 389 g/mol. The molecule has 6 heteroatoms. The van der Waals surface area contributed by atoms with E-state index in [9.17, 15) is 4.79 Å². The number of rotatable bonds is 4. The molecule has 0 radical (unpaired) electrons. The molecule has 1 aliphatic rings. The molecule has 4 rings (SSSR count). The van der Waals surface area contributed by atoms with Gasteiger partial charge in [-0.05, 0) is 49.7 Å². The van der Waals surface area contributed by atoms with Crippen LogP contribution in [0.4, 0.5) is 5.69 Å². The van der Waals surface area contributed by atoms with Crippen molar-refractivity contribution in [3.05, 3.63) is 83.2 Å². The highest BCUT2D eigenvalue weighted by Crippen LogP contribution is 2.41. The van der Waals surface area contributed by atoms with Gasteiger partial charge in [-0.3, -0.25) is 14.6 Å². The molecule has 0 fully saturated rings. The summed E-state index contributed by atoms with van der Waals surface area (Å²) in [4.78, 5) is 28.9. The third-order valence-electron chi connectivity index (χ3n) is 4.36. The fourth-order valence-electron chi connectivity index (χ4n) is 2.99. The third kappa shape index (κ3) is 3.56. The highest BCUT2D eigenvalue weighted by atomic mass is 32.2. The second-order valence-electron chi connectivity index (χ2n) is 6.27. The minimum atomic E-state index is -0.290. The summed E-state index contributed by atoms with van der Waals surface area (Å²) >= 11 is 1.64. The molecule has 0 saturated carbocycles. The predicted molar refractivity (Wildman–Crippen MR) is 110 cm³/mol. The average Bonchev–Trinajstić information content (AvgIpc) is 2.88. The van der Waals surface area contributed by atoms with Gasteiger partial charge in [0.1, 0.15) is 0 Å². The summed E-state index contributed by atoms with van der Waals surface area (Å²) in [5.41, 5.74) is 7.41. The first-order chi connectivity index (χ1) is 13.7. The molecule has 1 aromatic heterocycles. The molecule has 1 amide bonds. The summed E-state index contributed by atoms with van der Waals surface area (Å²) < 4.78 is 0. The number of nitrogens with zero attached hydrogens (tertiary/aromatic N) is 2. The first kappa shape index (κ1) is 18.4. The largest absolute Gasteiger partial charge is 0.274 e. The fourth-order valence-corrected chi connectivity index (χ4v) is 4.00. The molecular formula is C22H19N3O2S. The summed E-state index contributed by atoms with van der Waals surface area (Å²) in [5.74, 6) is -0.290. The smallest absolute Gasteiger partial charge is 0.274 e. The number of carbonyl (C=O) groups excluding carboxylic acids is 1. The van der Waals surface area contributed by atoms with Crippen molar-refractivity contribution in [2.45, 2.75) is 23.6 Å². The number of aromatic nitrogens is 1. The lowest BCUT2D eigenvalue weighted by Gasteiger charge is -2.10. The molecule has 0 aliphatic carbocycles. The van der Waals surface area contributed by atoms with Gasteiger partial charge in [0.05, 0.1) is 23.7 Å². The van der Waals surface area contributed by atoms with Crippen LogP contribution in [0, 0.1) is 6.92 Å². The topological polar surface area (TPSA) is 63.6 Å². The van der Waals surface area contributed by atoms with Crippen molar-refractivity contribution in [2.75, 3.05) is 6.61 Å². The Labute approximate surface area is 167 Å². The predicted octanol–water partition coefficient (Wildman–Crippen LogP) is 4.71. The van der Waals surface area contributed by atoms with Crippen LogP contribution in [0.15, 0.2) is 75.6 Å². The molecule has 1 aliphatic heterocycles. The third-order valence-corrected chi connectivity index (χ3v) is 5.50. The number of hydrogen-bond acceptors (Lipinski definition) is 5. The number of hydroxylamine groups is 1. The van der Waals surface area contributed by atoms with Crippen LogP contribution in [0.3, 0.4) is 0 Å². The standard InChI is InChI=1S/C22H19N3O2S/c1-3-27-25-22(26)15-10-11-19-17(13-15)24-21(20-14(2)7-6-12-23-20)16-8-4-5-9-18(16)28-19/h4-13H,3H2,1-2H3,(H,25,26). The van der Waals surface area contributed by atoms with E-state index < -0.39 is 0 Å². The molecule has 5 nitrogen and oxygen atoms in total. The van der Waals surface area contributed by atoms with Crippen molar-refractivity contribution in [3.8, 4) is 0 Å². The zero-order chi connectivity index (χ0) is 19.5. The van der Waals surface area contributed by atoms with E-state index in [2.05, 4.69) is 22.6 Å². The number of hydrogen-bond donors (Lipinski definition) is 1. The van der Waals surface area contributed by atoms with Crippen molar-refractivity contribution in [2.24, 2.45) is 4.99 Å². The lowest BCUT2D eigenvalue weighted by Crippen LogP contribution is -2.23. The molecule has 3 aromatic rings. The second kappa shape index (κ2) is 7.96. The lowest BCUT2D eigenvalue weighted by molar-refractivity contribution is 0.0364. The maximum Gasteiger partial charge on any atom is 0.274 e. The van der Waals surface area contributed by atoms with Crippen LogP contribution in [0.2, 0.25) is 0 Å². The van der Waals surface area contributed by atoms with Gasteiger partial charge < -0.3 is 0 Å². The summed E-state index contributed by atoms with van der Waals surface area (Å²) in [6.45, 7) is 4.25. The molecular weight excluding hydrogens is 370 g/mol. The number of benzene rings is 2. The molecule has 0 spiro atoms. The number of nitrogens with one attached hydrogen (secondary N) is 1. The van der Waals surface area contributed by atoms with Crippen LogP contribution >= 0.6 is 11.8 Å². The van der Waals surface area contributed by atoms with Crippen molar-refractivity contribution in [3.63, 3.8) is 0 Å².